The number of piperidine rings is 1. The number of rotatable bonds is 3. The second-order valence-electron chi connectivity index (χ2n) is 5.65. The van der Waals surface area contributed by atoms with E-state index in [9.17, 15) is 4.79 Å². The molecule has 0 aromatic heterocycles. The number of likely N-dealkylation sites (N-methyl/N-ethyl adjacent to an activating group) is 1. The molecule has 2 heterocycles. The summed E-state index contributed by atoms with van der Waals surface area (Å²) in [5, 5.41) is 2.72. The van der Waals surface area contributed by atoms with Gasteiger partial charge in [0.2, 0.25) is 5.91 Å². The maximum atomic E-state index is 11.5. The Morgan fingerprint density at radius 3 is 2.50 bits per heavy atom. The minimum Gasteiger partial charge on any atom is -0.358 e. The molecule has 2 rings (SSSR count). The lowest BCUT2D eigenvalue weighted by Gasteiger charge is -2.38. The minimum absolute atomic E-state index is 0.145. The summed E-state index contributed by atoms with van der Waals surface area (Å²) in [5.41, 5.74) is 0. The molecule has 0 aromatic carbocycles. The molecule has 2 fully saturated rings. The number of carbonyl (C=O) groups is 1. The van der Waals surface area contributed by atoms with E-state index in [0.29, 0.717) is 12.6 Å². The van der Waals surface area contributed by atoms with Gasteiger partial charge in [0.15, 0.2) is 0 Å². The summed E-state index contributed by atoms with van der Waals surface area (Å²) in [5.74, 6) is 0.145. The molecule has 4 heteroatoms. The molecular formula is C14H27N3O. The molecule has 2 saturated heterocycles. The highest BCUT2D eigenvalue weighted by atomic mass is 16.1. The molecule has 2 aliphatic heterocycles. The molecular weight excluding hydrogens is 226 g/mol. The van der Waals surface area contributed by atoms with E-state index in [1.54, 1.807) is 7.05 Å². The van der Waals surface area contributed by atoms with E-state index in [1.165, 1.54) is 51.6 Å². The molecule has 0 aliphatic carbocycles. The summed E-state index contributed by atoms with van der Waals surface area (Å²) in [6.45, 7) is 5.25. The summed E-state index contributed by atoms with van der Waals surface area (Å²) >= 11 is 0. The van der Waals surface area contributed by atoms with E-state index >= 15 is 0 Å². The number of hydrogen-bond acceptors (Lipinski definition) is 3. The largest absolute Gasteiger partial charge is 0.358 e. The van der Waals surface area contributed by atoms with Gasteiger partial charge in [0, 0.05) is 19.6 Å². The average Bonchev–Trinajstić information content (AvgIpc) is 2.68. The number of carbonyl (C=O) groups excluding carboxylic acids is 1. The highest BCUT2D eigenvalue weighted by molar-refractivity contribution is 5.77. The Kier molecular flexibility index (Phi) is 5.45. The fraction of sp³-hybridized carbons (Fsp3) is 0.929. The molecule has 0 radical (unpaired) electrons. The molecule has 1 unspecified atom stereocenters. The zero-order valence-corrected chi connectivity index (χ0v) is 11.7. The zero-order chi connectivity index (χ0) is 12.8. The molecule has 2 aliphatic rings. The Labute approximate surface area is 111 Å². The van der Waals surface area contributed by atoms with Crippen molar-refractivity contribution in [2.75, 3.05) is 39.8 Å². The fourth-order valence-electron chi connectivity index (χ4n) is 3.22. The summed E-state index contributed by atoms with van der Waals surface area (Å²) in [7, 11) is 1.72. The number of likely N-dealkylation sites (tertiary alicyclic amines) is 2. The molecule has 1 amide bonds. The first-order valence-electron chi connectivity index (χ1n) is 7.46. The van der Waals surface area contributed by atoms with Gasteiger partial charge in [0.1, 0.15) is 0 Å². The Morgan fingerprint density at radius 2 is 1.83 bits per heavy atom. The van der Waals surface area contributed by atoms with E-state index in [-0.39, 0.29) is 5.91 Å². The van der Waals surface area contributed by atoms with Crippen molar-refractivity contribution >= 4 is 5.91 Å². The van der Waals surface area contributed by atoms with Crippen LogP contribution in [0.1, 0.15) is 38.5 Å². The first-order chi connectivity index (χ1) is 8.79. The van der Waals surface area contributed by atoms with Crippen molar-refractivity contribution < 1.29 is 4.79 Å². The van der Waals surface area contributed by atoms with E-state index in [2.05, 4.69) is 15.1 Å². The predicted octanol–water partition coefficient (Wildman–Crippen LogP) is 1.07. The van der Waals surface area contributed by atoms with Gasteiger partial charge < -0.3 is 5.32 Å². The standard InChI is InChI=1S/C14H27N3O/c1-15-14(18)12-16-8-6-7-13(11-16)17-9-4-2-3-5-10-17/h13H,2-12H2,1H3,(H,15,18). The van der Waals surface area contributed by atoms with Gasteiger partial charge in [-0.3, -0.25) is 14.6 Å². The van der Waals surface area contributed by atoms with Gasteiger partial charge in [0.05, 0.1) is 6.54 Å². The van der Waals surface area contributed by atoms with E-state index in [1.807, 2.05) is 0 Å². The van der Waals surface area contributed by atoms with Crippen molar-refractivity contribution in [3.63, 3.8) is 0 Å². The van der Waals surface area contributed by atoms with E-state index in [0.717, 1.165) is 13.1 Å². The number of amides is 1. The first kappa shape index (κ1) is 13.8. The Bertz CT molecular complexity index is 262. The van der Waals surface area contributed by atoms with Crippen LogP contribution in [-0.2, 0) is 4.79 Å². The third-order valence-corrected chi connectivity index (χ3v) is 4.28. The summed E-state index contributed by atoms with van der Waals surface area (Å²) in [6.07, 6.45) is 8.04. The van der Waals surface area contributed by atoms with Gasteiger partial charge in [-0.2, -0.15) is 0 Å². The topological polar surface area (TPSA) is 35.6 Å². The molecule has 18 heavy (non-hydrogen) atoms. The molecule has 0 saturated carbocycles. The van der Waals surface area contributed by atoms with Crippen LogP contribution >= 0.6 is 0 Å². The van der Waals surface area contributed by atoms with Crippen molar-refractivity contribution in [1.29, 1.82) is 0 Å². The Hall–Kier alpha value is -0.610. The lowest BCUT2D eigenvalue weighted by atomic mass is 10.0. The monoisotopic (exact) mass is 253 g/mol. The molecule has 1 N–H and O–H groups in total. The Morgan fingerprint density at radius 1 is 1.11 bits per heavy atom. The van der Waals surface area contributed by atoms with Gasteiger partial charge in [-0.1, -0.05) is 12.8 Å². The van der Waals surface area contributed by atoms with Crippen LogP contribution in [0, 0.1) is 0 Å². The van der Waals surface area contributed by atoms with Gasteiger partial charge in [-0.05, 0) is 45.3 Å². The second-order valence-corrected chi connectivity index (χ2v) is 5.65. The third-order valence-electron chi connectivity index (χ3n) is 4.28. The highest BCUT2D eigenvalue weighted by Gasteiger charge is 2.26. The lowest BCUT2D eigenvalue weighted by Crippen LogP contribution is -2.50. The second kappa shape index (κ2) is 7.10. The number of hydrogen-bond donors (Lipinski definition) is 1. The van der Waals surface area contributed by atoms with Crippen LogP contribution in [0.2, 0.25) is 0 Å². The highest BCUT2D eigenvalue weighted by Crippen LogP contribution is 2.19. The fourth-order valence-corrected chi connectivity index (χ4v) is 3.22. The zero-order valence-electron chi connectivity index (χ0n) is 11.7. The predicted molar refractivity (Wildman–Crippen MR) is 73.6 cm³/mol. The van der Waals surface area contributed by atoms with Crippen LogP contribution in [-0.4, -0.2) is 61.5 Å². The van der Waals surface area contributed by atoms with Crippen LogP contribution in [0.25, 0.3) is 0 Å². The van der Waals surface area contributed by atoms with Gasteiger partial charge in [0.25, 0.3) is 0 Å². The Balaban J connectivity index is 1.83. The van der Waals surface area contributed by atoms with Crippen molar-refractivity contribution in [2.45, 2.75) is 44.6 Å². The van der Waals surface area contributed by atoms with Crippen molar-refractivity contribution in [2.24, 2.45) is 0 Å². The first-order valence-corrected chi connectivity index (χ1v) is 7.46. The SMILES string of the molecule is CNC(=O)CN1CCCC(N2CCCCCC2)C1. The maximum absolute atomic E-state index is 11.5. The third kappa shape index (κ3) is 3.95. The molecule has 0 aromatic rings. The normalized spacial score (nSPS) is 27.7. The molecule has 0 bridgehead atoms. The smallest absolute Gasteiger partial charge is 0.233 e. The number of nitrogens with zero attached hydrogens (tertiary/aromatic N) is 2. The quantitative estimate of drug-likeness (QED) is 0.817. The van der Waals surface area contributed by atoms with Crippen molar-refractivity contribution in [3.05, 3.63) is 0 Å². The average molecular weight is 253 g/mol. The number of nitrogens with one attached hydrogen (secondary N) is 1. The lowest BCUT2D eigenvalue weighted by molar-refractivity contribution is -0.122. The molecule has 104 valence electrons. The van der Waals surface area contributed by atoms with Gasteiger partial charge in [-0.25, -0.2) is 0 Å². The summed E-state index contributed by atoms with van der Waals surface area (Å²) in [4.78, 5) is 16.4. The van der Waals surface area contributed by atoms with Crippen molar-refractivity contribution in [3.8, 4) is 0 Å². The minimum atomic E-state index is 0.145. The van der Waals surface area contributed by atoms with E-state index < -0.39 is 0 Å². The molecule has 4 nitrogen and oxygen atoms in total. The summed E-state index contributed by atoms with van der Waals surface area (Å²) < 4.78 is 0. The molecule has 1 atom stereocenters. The van der Waals surface area contributed by atoms with Crippen LogP contribution in [0.15, 0.2) is 0 Å². The van der Waals surface area contributed by atoms with Gasteiger partial charge in [-0.15, -0.1) is 0 Å². The van der Waals surface area contributed by atoms with Crippen molar-refractivity contribution in [1.82, 2.24) is 15.1 Å². The van der Waals surface area contributed by atoms with Crippen LogP contribution in [0.3, 0.4) is 0 Å². The van der Waals surface area contributed by atoms with Gasteiger partial charge >= 0.3 is 0 Å². The molecule has 0 spiro atoms. The van der Waals surface area contributed by atoms with Crippen LogP contribution in [0.4, 0.5) is 0 Å². The maximum Gasteiger partial charge on any atom is 0.233 e. The summed E-state index contributed by atoms with van der Waals surface area (Å²) in [6, 6.07) is 0.682. The van der Waals surface area contributed by atoms with Crippen LogP contribution < -0.4 is 5.32 Å². The van der Waals surface area contributed by atoms with Crippen LogP contribution in [0.5, 0.6) is 0 Å². The van der Waals surface area contributed by atoms with E-state index in [4.69, 9.17) is 0 Å².